The molecule has 0 saturated carbocycles. The van der Waals surface area contributed by atoms with Crippen molar-refractivity contribution < 1.29 is 9.21 Å². The highest BCUT2D eigenvalue weighted by Gasteiger charge is 2.47. The molecule has 0 unspecified atom stereocenters. The highest BCUT2D eigenvalue weighted by molar-refractivity contribution is 5.83. The molecule has 0 aliphatic carbocycles. The molecule has 6 nitrogen and oxygen atoms in total. The Morgan fingerprint density at radius 2 is 2.22 bits per heavy atom. The lowest BCUT2D eigenvalue weighted by atomic mass is 9.78. The minimum atomic E-state index is -0.161. The van der Waals surface area contributed by atoms with Crippen molar-refractivity contribution >= 4 is 5.91 Å². The first-order chi connectivity index (χ1) is 11.2. The number of H-pyrrole nitrogens is 1. The van der Waals surface area contributed by atoms with Gasteiger partial charge in [-0.25, -0.2) is 0 Å². The maximum absolute atomic E-state index is 12.6. The highest BCUT2D eigenvalue weighted by atomic mass is 16.3. The summed E-state index contributed by atoms with van der Waals surface area (Å²) in [6, 6.07) is 5.87. The summed E-state index contributed by atoms with van der Waals surface area (Å²) >= 11 is 0. The van der Waals surface area contributed by atoms with Gasteiger partial charge in [-0.15, -0.1) is 0 Å². The zero-order valence-electron chi connectivity index (χ0n) is 13.4. The summed E-state index contributed by atoms with van der Waals surface area (Å²) in [7, 11) is 1.93. The number of aromatic nitrogens is 2. The molecular formula is C17H22N4O2. The van der Waals surface area contributed by atoms with E-state index < -0.39 is 0 Å². The van der Waals surface area contributed by atoms with Gasteiger partial charge in [0.05, 0.1) is 12.0 Å². The largest absolute Gasteiger partial charge is 0.458 e. The van der Waals surface area contributed by atoms with Gasteiger partial charge in [0.1, 0.15) is 11.5 Å². The molecule has 2 fully saturated rings. The van der Waals surface area contributed by atoms with Crippen molar-refractivity contribution in [2.75, 3.05) is 26.7 Å². The molecule has 23 heavy (non-hydrogen) atoms. The molecule has 2 saturated heterocycles. The molecule has 2 aromatic heterocycles. The zero-order chi connectivity index (χ0) is 15.9. The van der Waals surface area contributed by atoms with Crippen molar-refractivity contribution in [3.05, 3.63) is 30.2 Å². The van der Waals surface area contributed by atoms with Gasteiger partial charge < -0.3 is 9.32 Å². The summed E-state index contributed by atoms with van der Waals surface area (Å²) in [5.74, 6) is 2.06. The van der Waals surface area contributed by atoms with Gasteiger partial charge >= 0.3 is 0 Å². The van der Waals surface area contributed by atoms with Crippen LogP contribution in [0.25, 0.3) is 11.5 Å². The van der Waals surface area contributed by atoms with Crippen molar-refractivity contribution in [2.45, 2.75) is 25.8 Å². The number of carbonyl (C=O) groups is 1. The van der Waals surface area contributed by atoms with E-state index in [4.69, 9.17) is 4.42 Å². The summed E-state index contributed by atoms with van der Waals surface area (Å²) in [5, 5.41) is 6.86. The Bertz CT molecular complexity index is 693. The van der Waals surface area contributed by atoms with E-state index >= 15 is 0 Å². The lowest BCUT2D eigenvalue weighted by Crippen LogP contribution is -2.48. The lowest BCUT2D eigenvalue weighted by Gasteiger charge is -2.37. The Morgan fingerprint density at radius 1 is 1.30 bits per heavy atom. The SMILES string of the molecule is CN1CCC[C@]2(CCN(Cc3ccc(-c4ccn[nH]4)o3)C2)C1=O. The molecule has 1 atom stereocenters. The third-order valence-electron chi connectivity index (χ3n) is 5.19. The Hall–Kier alpha value is -2.08. The average Bonchev–Trinajstić information content (AvgIpc) is 3.26. The van der Waals surface area contributed by atoms with E-state index in [1.807, 2.05) is 30.1 Å². The maximum atomic E-state index is 12.6. The predicted molar refractivity (Wildman–Crippen MR) is 85.5 cm³/mol. The summed E-state index contributed by atoms with van der Waals surface area (Å²) in [6.45, 7) is 3.45. The van der Waals surface area contributed by atoms with Gasteiger partial charge in [0.2, 0.25) is 5.91 Å². The van der Waals surface area contributed by atoms with Crippen LogP contribution in [0.15, 0.2) is 28.8 Å². The summed E-state index contributed by atoms with van der Waals surface area (Å²) < 4.78 is 5.91. The first-order valence-electron chi connectivity index (χ1n) is 8.23. The minimum Gasteiger partial charge on any atom is -0.458 e. The quantitative estimate of drug-likeness (QED) is 0.942. The van der Waals surface area contributed by atoms with E-state index in [0.717, 1.165) is 62.7 Å². The number of aromatic amines is 1. The van der Waals surface area contributed by atoms with Crippen LogP contribution in [0.2, 0.25) is 0 Å². The third kappa shape index (κ3) is 2.57. The fourth-order valence-electron chi connectivity index (χ4n) is 3.96. The minimum absolute atomic E-state index is 0.161. The molecular weight excluding hydrogens is 292 g/mol. The molecule has 122 valence electrons. The first-order valence-corrected chi connectivity index (χ1v) is 8.23. The number of hydrogen-bond acceptors (Lipinski definition) is 4. The van der Waals surface area contributed by atoms with Crippen LogP contribution in [0, 0.1) is 5.41 Å². The summed E-state index contributed by atoms with van der Waals surface area (Å²) in [6.07, 6.45) is 4.81. The number of carbonyl (C=O) groups excluding carboxylic acids is 1. The molecule has 6 heteroatoms. The van der Waals surface area contributed by atoms with E-state index in [-0.39, 0.29) is 5.41 Å². The number of hydrogen-bond donors (Lipinski definition) is 1. The van der Waals surface area contributed by atoms with Gasteiger partial charge in [0.15, 0.2) is 5.76 Å². The second-order valence-corrected chi connectivity index (χ2v) is 6.81. The van der Waals surface area contributed by atoms with Gasteiger partial charge in [0.25, 0.3) is 0 Å². The monoisotopic (exact) mass is 314 g/mol. The van der Waals surface area contributed by atoms with Crippen LogP contribution in [-0.2, 0) is 11.3 Å². The first kappa shape index (κ1) is 14.5. The number of rotatable bonds is 3. The molecule has 2 aliphatic rings. The Kier molecular flexibility index (Phi) is 3.49. The van der Waals surface area contributed by atoms with Gasteiger partial charge in [0, 0.05) is 26.3 Å². The van der Waals surface area contributed by atoms with Crippen LogP contribution in [-0.4, -0.2) is 52.6 Å². The average molecular weight is 314 g/mol. The van der Waals surface area contributed by atoms with Crippen LogP contribution >= 0.6 is 0 Å². The number of nitrogens with one attached hydrogen (secondary N) is 1. The molecule has 0 radical (unpaired) electrons. The Labute approximate surface area is 135 Å². The van der Waals surface area contributed by atoms with E-state index in [9.17, 15) is 4.79 Å². The lowest BCUT2D eigenvalue weighted by molar-refractivity contribution is -0.144. The normalized spacial score (nSPS) is 25.6. The number of furan rings is 1. The van der Waals surface area contributed by atoms with Gasteiger partial charge in [-0.05, 0) is 44.0 Å². The molecule has 2 aliphatic heterocycles. The number of nitrogens with zero attached hydrogens (tertiary/aromatic N) is 3. The van der Waals surface area contributed by atoms with Crippen LogP contribution in [0.1, 0.15) is 25.0 Å². The van der Waals surface area contributed by atoms with Crippen LogP contribution < -0.4 is 0 Å². The number of piperidine rings is 1. The second kappa shape index (κ2) is 5.53. The molecule has 1 spiro atoms. The van der Waals surface area contributed by atoms with Crippen LogP contribution in [0.4, 0.5) is 0 Å². The topological polar surface area (TPSA) is 65.4 Å². The standard InChI is InChI=1S/C17H22N4O2/c1-20-9-2-6-17(16(20)22)7-10-21(12-17)11-13-3-4-15(23-13)14-5-8-18-19-14/h3-5,8H,2,6-7,9-12H2,1H3,(H,18,19)/t17-/m1/s1. The molecule has 2 aromatic rings. The molecule has 1 N–H and O–H groups in total. The third-order valence-corrected chi connectivity index (χ3v) is 5.19. The smallest absolute Gasteiger partial charge is 0.229 e. The van der Waals surface area contributed by atoms with Gasteiger partial charge in [-0.1, -0.05) is 0 Å². The fourth-order valence-corrected chi connectivity index (χ4v) is 3.96. The van der Waals surface area contributed by atoms with E-state index in [1.165, 1.54) is 0 Å². The van der Waals surface area contributed by atoms with Crippen LogP contribution in [0.5, 0.6) is 0 Å². The number of likely N-dealkylation sites (tertiary alicyclic amines) is 2. The summed E-state index contributed by atoms with van der Waals surface area (Å²) in [4.78, 5) is 16.8. The van der Waals surface area contributed by atoms with E-state index in [0.29, 0.717) is 5.91 Å². The molecule has 0 bridgehead atoms. The number of amides is 1. The van der Waals surface area contributed by atoms with Crippen molar-refractivity contribution in [2.24, 2.45) is 5.41 Å². The van der Waals surface area contributed by atoms with Gasteiger partial charge in [-0.2, -0.15) is 5.10 Å². The second-order valence-electron chi connectivity index (χ2n) is 6.81. The van der Waals surface area contributed by atoms with Crippen molar-refractivity contribution in [1.82, 2.24) is 20.0 Å². The predicted octanol–water partition coefficient (Wildman–Crippen LogP) is 2.11. The Balaban J connectivity index is 1.44. The van der Waals surface area contributed by atoms with Crippen LogP contribution in [0.3, 0.4) is 0 Å². The zero-order valence-corrected chi connectivity index (χ0v) is 13.4. The molecule has 1 amide bonds. The fraction of sp³-hybridized carbons (Fsp3) is 0.529. The van der Waals surface area contributed by atoms with Crippen molar-refractivity contribution in [1.29, 1.82) is 0 Å². The Morgan fingerprint density at radius 3 is 3.04 bits per heavy atom. The van der Waals surface area contributed by atoms with Crippen molar-refractivity contribution in [3.63, 3.8) is 0 Å². The molecule has 4 rings (SSSR count). The van der Waals surface area contributed by atoms with E-state index in [2.05, 4.69) is 15.1 Å². The van der Waals surface area contributed by atoms with E-state index in [1.54, 1.807) is 6.20 Å². The molecule has 0 aromatic carbocycles. The highest BCUT2D eigenvalue weighted by Crippen LogP contribution is 2.40. The van der Waals surface area contributed by atoms with Gasteiger partial charge in [-0.3, -0.25) is 14.8 Å². The molecule has 4 heterocycles. The van der Waals surface area contributed by atoms with Crippen molar-refractivity contribution in [3.8, 4) is 11.5 Å². The maximum Gasteiger partial charge on any atom is 0.229 e. The summed E-state index contributed by atoms with van der Waals surface area (Å²) in [5.41, 5.74) is 0.726.